The van der Waals surface area contributed by atoms with Crippen LogP contribution in [0.5, 0.6) is 0 Å². The molecule has 150 valence electrons. The number of aromatic nitrogens is 2. The maximum Gasteiger partial charge on any atom is 0.271 e. The minimum absolute atomic E-state index is 0.0222. The van der Waals surface area contributed by atoms with Crippen molar-refractivity contribution >= 4 is 5.91 Å². The molecule has 1 aromatic heterocycles. The number of unbranched alkanes of at least 4 members (excludes halogenated alkanes) is 1. The van der Waals surface area contributed by atoms with Crippen molar-refractivity contribution in [1.82, 2.24) is 20.0 Å². The number of nitrogens with one attached hydrogen (secondary N) is 1. The summed E-state index contributed by atoms with van der Waals surface area (Å²) in [5.74, 6) is -0.196. The summed E-state index contributed by atoms with van der Waals surface area (Å²) in [6, 6.07) is 2.97. The van der Waals surface area contributed by atoms with Crippen LogP contribution in [0.1, 0.15) is 62.4 Å². The molecule has 2 heterocycles. The fourth-order valence-electron chi connectivity index (χ4n) is 4.23. The molecule has 7 heteroatoms. The molecule has 7 nitrogen and oxygen atoms in total. The Morgan fingerprint density at radius 1 is 1.22 bits per heavy atom. The van der Waals surface area contributed by atoms with E-state index < -0.39 is 0 Å². The second-order valence-electron chi connectivity index (χ2n) is 7.70. The van der Waals surface area contributed by atoms with Crippen LogP contribution in [0.2, 0.25) is 0 Å². The first-order valence-electron chi connectivity index (χ1n) is 10.3. The number of aryl methyl sites for hydroxylation is 1. The monoisotopic (exact) mass is 376 g/mol. The highest BCUT2D eigenvalue weighted by molar-refractivity contribution is 5.92. The molecule has 27 heavy (non-hydrogen) atoms. The molecule has 1 amide bonds. The number of carbonyl (C=O) groups excluding carboxylic acids is 1. The molecule has 0 unspecified atom stereocenters. The summed E-state index contributed by atoms with van der Waals surface area (Å²) >= 11 is 0. The van der Waals surface area contributed by atoms with Crippen molar-refractivity contribution in [2.75, 3.05) is 32.8 Å². The lowest BCUT2D eigenvalue weighted by atomic mass is 9.79. The third-order valence-electron chi connectivity index (χ3n) is 5.87. The van der Waals surface area contributed by atoms with Gasteiger partial charge >= 0.3 is 0 Å². The van der Waals surface area contributed by atoms with Crippen molar-refractivity contribution < 1.29 is 9.53 Å². The van der Waals surface area contributed by atoms with Crippen molar-refractivity contribution in [3.8, 4) is 0 Å². The lowest BCUT2D eigenvalue weighted by molar-refractivity contribution is -0.0361. The normalized spacial score (nSPS) is 20.3. The molecule has 1 saturated heterocycles. The van der Waals surface area contributed by atoms with E-state index in [0.717, 1.165) is 52.0 Å². The molecule has 0 bridgehead atoms. The Morgan fingerprint density at radius 2 is 1.96 bits per heavy atom. The van der Waals surface area contributed by atoms with Crippen LogP contribution in [-0.2, 0) is 11.3 Å². The standard InChI is InChI=1S/C20H32N4O3/c1-2-3-11-24-18(25)8-7-17(22-24)19(26)21-16-20(9-5-4-6-10-20)23-12-14-27-15-13-23/h7-8H,2-6,9-16H2,1H3,(H,21,26). The van der Waals surface area contributed by atoms with E-state index in [1.807, 2.05) is 0 Å². The lowest BCUT2D eigenvalue weighted by Crippen LogP contribution is -2.59. The van der Waals surface area contributed by atoms with Gasteiger partial charge in [0.05, 0.1) is 13.2 Å². The van der Waals surface area contributed by atoms with Gasteiger partial charge in [0, 0.05) is 37.8 Å². The second-order valence-corrected chi connectivity index (χ2v) is 7.70. The van der Waals surface area contributed by atoms with Crippen LogP contribution < -0.4 is 10.9 Å². The number of nitrogens with zero attached hydrogens (tertiary/aromatic N) is 3. The first kappa shape index (κ1) is 20.0. The van der Waals surface area contributed by atoms with E-state index in [-0.39, 0.29) is 17.0 Å². The molecular weight excluding hydrogens is 344 g/mol. The van der Waals surface area contributed by atoms with Crippen LogP contribution in [0, 0.1) is 0 Å². The first-order chi connectivity index (χ1) is 13.1. The molecule has 0 atom stereocenters. The summed E-state index contributed by atoms with van der Waals surface area (Å²) in [5.41, 5.74) is 0.185. The van der Waals surface area contributed by atoms with Gasteiger partial charge in [-0.25, -0.2) is 4.68 Å². The molecular formula is C20H32N4O3. The van der Waals surface area contributed by atoms with Gasteiger partial charge in [-0.1, -0.05) is 32.6 Å². The van der Waals surface area contributed by atoms with Gasteiger partial charge in [-0.2, -0.15) is 5.10 Å². The highest BCUT2D eigenvalue weighted by atomic mass is 16.5. The van der Waals surface area contributed by atoms with Gasteiger partial charge in [-0.15, -0.1) is 0 Å². The Bertz CT molecular complexity index is 676. The van der Waals surface area contributed by atoms with Crippen LogP contribution in [0.15, 0.2) is 16.9 Å². The first-order valence-corrected chi connectivity index (χ1v) is 10.3. The molecule has 2 aliphatic rings. The summed E-state index contributed by atoms with van der Waals surface area (Å²) in [6.45, 7) is 6.62. The van der Waals surface area contributed by atoms with Crippen molar-refractivity contribution in [2.24, 2.45) is 0 Å². The number of amides is 1. The summed E-state index contributed by atoms with van der Waals surface area (Å²) in [4.78, 5) is 27.1. The van der Waals surface area contributed by atoms with Gasteiger partial charge < -0.3 is 10.1 Å². The van der Waals surface area contributed by atoms with Crippen molar-refractivity contribution in [3.63, 3.8) is 0 Å². The highest BCUT2D eigenvalue weighted by Crippen LogP contribution is 2.33. The van der Waals surface area contributed by atoms with Crippen LogP contribution in [0.3, 0.4) is 0 Å². The average Bonchev–Trinajstić information content (AvgIpc) is 2.73. The Kier molecular flexibility index (Phi) is 7.01. The molecule has 1 N–H and O–H groups in total. The van der Waals surface area contributed by atoms with Crippen molar-refractivity contribution in [3.05, 3.63) is 28.2 Å². The Balaban J connectivity index is 1.68. The summed E-state index contributed by atoms with van der Waals surface area (Å²) in [5, 5.41) is 7.38. The molecule has 2 fully saturated rings. The van der Waals surface area contributed by atoms with Gasteiger partial charge in [0.1, 0.15) is 5.69 Å². The maximum absolute atomic E-state index is 12.7. The topological polar surface area (TPSA) is 76.5 Å². The van der Waals surface area contributed by atoms with Crippen LogP contribution in [-0.4, -0.2) is 59.0 Å². The number of hydrogen-bond donors (Lipinski definition) is 1. The summed E-state index contributed by atoms with van der Waals surface area (Å²) in [7, 11) is 0. The van der Waals surface area contributed by atoms with Gasteiger partial charge in [0.2, 0.25) is 0 Å². The van der Waals surface area contributed by atoms with Crippen molar-refractivity contribution in [2.45, 2.75) is 64.0 Å². The zero-order valence-corrected chi connectivity index (χ0v) is 16.4. The third kappa shape index (κ3) is 4.96. The van der Waals surface area contributed by atoms with E-state index in [2.05, 4.69) is 22.2 Å². The van der Waals surface area contributed by atoms with E-state index in [9.17, 15) is 9.59 Å². The van der Waals surface area contributed by atoms with Gasteiger partial charge in [0.25, 0.3) is 11.5 Å². The molecule has 0 spiro atoms. The smallest absolute Gasteiger partial charge is 0.271 e. The minimum atomic E-state index is -0.196. The second kappa shape index (κ2) is 9.46. The third-order valence-corrected chi connectivity index (χ3v) is 5.87. The molecule has 1 saturated carbocycles. The van der Waals surface area contributed by atoms with E-state index in [0.29, 0.717) is 18.8 Å². The zero-order valence-electron chi connectivity index (χ0n) is 16.4. The molecule has 1 aromatic rings. The Labute approximate surface area is 161 Å². The number of ether oxygens (including phenoxy) is 1. The van der Waals surface area contributed by atoms with Gasteiger partial charge in [-0.3, -0.25) is 14.5 Å². The van der Waals surface area contributed by atoms with Gasteiger partial charge in [0.15, 0.2) is 0 Å². The molecule has 1 aliphatic carbocycles. The maximum atomic E-state index is 12.7. The molecule has 0 aromatic carbocycles. The largest absolute Gasteiger partial charge is 0.379 e. The van der Waals surface area contributed by atoms with Crippen LogP contribution in [0.25, 0.3) is 0 Å². The van der Waals surface area contributed by atoms with Gasteiger partial charge in [-0.05, 0) is 25.3 Å². The Morgan fingerprint density at radius 3 is 2.67 bits per heavy atom. The van der Waals surface area contributed by atoms with E-state index in [4.69, 9.17) is 4.74 Å². The predicted octanol–water partition coefficient (Wildman–Crippen LogP) is 1.81. The number of rotatable bonds is 7. The van der Waals surface area contributed by atoms with E-state index in [1.165, 1.54) is 36.1 Å². The minimum Gasteiger partial charge on any atom is -0.379 e. The summed E-state index contributed by atoms with van der Waals surface area (Å²) in [6.07, 6.45) is 7.74. The quantitative estimate of drug-likeness (QED) is 0.785. The molecule has 0 radical (unpaired) electrons. The predicted molar refractivity (Wildman–Crippen MR) is 104 cm³/mol. The fourth-order valence-corrected chi connectivity index (χ4v) is 4.23. The number of carbonyl (C=O) groups is 1. The SMILES string of the molecule is CCCCn1nc(C(=O)NCC2(N3CCOCC3)CCCCC2)ccc1=O. The number of hydrogen-bond acceptors (Lipinski definition) is 5. The zero-order chi connectivity index (χ0) is 19.1. The van der Waals surface area contributed by atoms with Crippen molar-refractivity contribution in [1.29, 1.82) is 0 Å². The van der Waals surface area contributed by atoms with E-state index in [1.54, 1.807) is 0 Å². The average molecular weight is 377 g/mol. The van der Waals surface area contributed by atoms with E-state index >= 15 is 0 Å². The summed E-state index contributed by atoms with van der Waals surface area (Å²) < 4.78 is 6.92. The molecule has 3 rings (SSSR count). The molecule has 1 aliphatic heterocycles. The fraction of sp³-hybridized carbons (Fsp3) is 0.750. The van der Waals surface area contributed by atoms with Crippen LogP contribution in [0.4, 0.5) is 0 Å². The Hall–Kier alpha value is -1.73. The number of morpholine rings is 1. The van der Waals surface area contributed by atoms with Crippen LogP contribution >= 0.6 is 0 Å². The lowest BCUT2D eigenvalue weighted by Gasteiger charge is -2.48. The highest BCUT2D eigenvalue weighted by Gasteiger charge is 2.38.